The molecule has 2 N–H and O–H groups in total. The number of unbranched alkanes of at least 4 members (excludes halogenated alkanes) is 1. The van der Waals surface area contributed by atoms with Crippen LogP contribution in [0, 0.1) is 0 Å². The molecule has 0 aliphatic heterocycles. The number of amides is 1. The second-order valence-electron chi connectivity index (χ2n) is 4.25. The summed E-state index contributed by atoms with van der Waals surface area (Å²) in [6.07, 6.45) is 2.03. The van der Waals surface area contributed by atoms with Crippen LogP contribution in [-0.2, 0) is 4.79 Å². The number of Topliss-reactive ketones (excluding diaryl/α,β-unsaturated/α-hetero) is 1. The zero-order valence-electron chi connectivity index (χ0n) is 10.2. The minimum atomic E-state index is -0.326. The third kappa shape index (κ3) is 2.14. The van der Waals surface area contributed by atoms with Crippen molar-refractivity contribution < 1.29 is 14.7 Å². The zero-order valence-corrected chi connectivity index (χ0v) is 10.2. The molecule has 0 aromatic heterocycles. The molecule has 0 saturated carbocycles. The average molecular weight is 245 g/mol. The van der Waals surface area contributed by atoms with Crippen LogP contribution in [0.3, 0.4) is 0 Å². The van der Waals surface area contributed by atoms with Crippen LogP contribution in [0.15, 0.2) is 30.0 Å². The van der Waals surface area contributed by atoms with Gasteiger partial charge in [-0.25, -0.2) is 0 Å². The second-order valence-corrected chi connectivity index (χ2v) is 4.25. The monoisotopic (exact) mass is 245 g/mol. The van der Waals surface area contributed by atoms with Crippen molar-refractivity contribution in [3.05, 3.63) is 41.1 Å². The molecule has 94 valence electrons. The summed E-state index contributed by atoms with van der Waals surface area (Å²) in [4.78, 5) is 23.6. The number of allylic oxidation sites excluding steroid dienone is 1. The summed E-state index contributed by atoms with van der Waals surface area (Å²) in [5.41, 5.74) is 0.909. The maximum Gasteiger partial charge on any atom is 0.224 e. The minimum absolute atomic E-state index is 0.00250. The molecular weight excluding hydrogens is 230 g/mol. The van der Waals surface area contributed by atoms with Gasteiger partial charge in [0.1, 0.15) is 5.70 Å². The Kier molecular flexibility index (Phi) is 3.46. The van der Waals surface area contributed by atoms with Crippen LogP contribution < -0.4 is 5.32 Å². The Labute approximate surface area is 105 Å². The standard InChI is InChI=1S/C14H15NO3/c1-2-3-8-11(16)15-12-13(17)9-6-4-5-7-10(9)14(12)18/h4-7H,2-3,8H2,1H3,(H2,15,16,17,18). The summed E-state index contributed by atoms with van der Waals surface area (Å²) >= 11 is 0. The van der Waals surface area contributed by atoms with E-state index in [1.165, 1.54) is 0 Å². The van der Waals surface area contributed by atoms with Gasteiger partial charge < -0.3 is 10.4 Å². The van der Waals surface area contributed by atoms with E-state index in [1.54, 1.807) is 24.3 Å². The van der Waals surface area contributed by atoms with E-state index in [-0.39, 0.29) is 23.1 Å². The third-order valence-corrected chi connectivity index (χ3v) is 2.91. The molecule has 0 unspecified atom stereocenters. The van der Waals surface area contributed by atoms with E-state index in [4.69, 9.17) is 0 Å². The zero-order chi connectivity index (χ0) is 13.1. The first kappa shape index (κ1) is 12.4. The molecule has 0 radical (unpaired) electrons. The van der Waals surface area contributed by atoms with Crippen LogP contribution in [0.4, 0.5) is 0 Å². The fraction of sp³-hybridized carbons (Fsp3) is 0.286. The Morgan fingerprint density at radius 2 is 1.94 bits per heavy atom. The molecule has 0 bridgehead atoms. The molecule has 1 aromatic carbocycles. The van der Waals surface area contributed by atoms with Crippen molar-refractivity contribution in [2.75, 3.05) is 0 Å². The van der Waals surface area contributed by atoms with Crippen molar-refractivity contribution in [2.24, 2.45) is 0 Å². The first-order chi connectivity index (χ1) is 8.65. The molecule has 0 heterocycles. The lowest BCUT2D eigenvalue weighted by Crippen LogP contribution is -2.26. The molecule has 1 amide bonds. The summed E-state index contributed by atoms with van der Waals surface area (Å²) in [5.74, 6) is -0.701. The number of hydrogen-bond donors (Lipinski definition) is 2. The van der Waals surface area contributed by atoms with Crippen molar-refractivity contribution in [3.8, 4) is 0 Å². The highest BCUT2D eigenvalue weighted by molar-refractivity contribution is 6.20. The lowest BCUT2D eigenvalue weighted by atomic mass is 10.1. The molecule has 0 fully saturated rings. The Hall–Kier alpha value is -2.10. The average Bonchev–Trinajstić information content (AvgIpc) is 2.62. The van der Waals surface area contributed by atoms with Gasteiger partial charge in [0.25, 0.3) is 0 Å². The van der Waals surface area contributed by atoms with Crippen LogP contribution in [0.2, 0.25) is 0 Å². The predicted molar refractivity (Wildman–Crippen MR) is 68.0 cm³/mol. The highest BCUT2D eigenvalue weighted by Gasteiger charge is 2.30. The quantitative estimate of drug-likeness (QED) is 0.856. The van der Waals surface area contributed by atoms with Gasteiger partial charge in [-0.15, -0.1) is 0 Å². The van der Waals surface area contributed by atoms with Crippen LogP contribution >= 0.6 is 0 Å². The summed E-state index contributed by atoms with van der Waals surface area (Å²) < 4.78 is 0. The van der Waals surface area contributed by atoms with Gasteiger partial charge in [0.15, 0.2) is 5.76 Å². The van der Waals surface area contributed by atoms with Crippen LogP contribution in [0.5, 0.6) is 0 Å². The van der Waals surface area contributed by atoms with E-state index in [2.05, 4.69) is 5.32 Å². The molecule has 0 spiro atoms. The van der Waals surface area contributed by atoms with Crippen molar-refractivity contribution in [1.82, 2.24) is 5.32 Å². The smallest absolute Gasteiger partial charge is 0.224 e. The van der Waals surface area contributed by atoms with E-state index in [0.717, 1.165) is 12.8 Å². The molecule has 18 heavy (non-hydrogen) atoms. The normalized spacial score (nSPS) is 13.7. The number of benzene rings is 1. The SMILES string of the molecule is CCCCC(=O)NC1=C(O)c2ccccc2C1=O. The van der Waals surface area contributed by atoms with Crippen LogP contribution in [0.1, 0.15) is 42.1 Å². The number of fused-ring (bicyclic) bond motifs is 1. The van der Waals surface area contributed by atoms with Gasteiger partial charge in [-0.3, -0.25) is 9.59 Å². The lowest BCUT2D eigenvalue weighted by Gasteiger charge is -2.04. The van der Waals surface area contributed by atoms with E-state index >= 15 is 0 Å². The van der Waals surface area contributed by atoms with Gasteiger partial charge in [0.05, 0.1) is 0 Å². The molecule has 1 aromatic rings. The van der Waals surface area contributed by atoms with Crippen LogP contribution in [-0.4, -0.2) is 16.8 Å². The van der Waals surface area contributed by atoms with Gasteiger partial charge in [0.2, 0.25) is 11.7 Å². The first-order valence-electron chi connectivity index (χ1n) is 6.02. The summed E-state index contributed by atoms with van der Waals surface area (Å²) in [6, 6.07) is 6.77. The number of nitrogens with one attached hydrogen (secondary N) is 1. The number of hydrogen-bond acceptors (Lipinski definition) is 3. The molecule has 4 heteroatoms. The first-order valence-corrected chi connectivity index (χ1v) is 6.02. The van der Waals surface area contributed by atoms with E-state index in [0.29, 0.717) is 17.5 Å². The molecule has 4 nitrogen and oxygen atoms in total. The predicted octanol–water partition coefficient (Wildman–Crippen LogP) is 2.42. The number of rotatable bonds is 4. The molecule has 1 aliphatic carbocycles. The fourth-order valence-corrected chi connectivity index (χ4v) is 1.92. The molecule has 0 atom stereocenters. The molecule has 1 aliphatic rings. The summed E-state index contributed by atoms with van der Waals surface area (Å²) in [6.45, 7) is 1.99. The summed E-state index contributed by atoms with van der Waals surface area (Å²) in [7, 11) is 0. The minimum Gasteiger partial charge on any atom is -0.505 e. The van der Waals surface area contributed by atoms with Gasteiger partial charge in [-0.2, -0.15) is 0 Å². The Morgan fingerprint density at radius 3 is 2.56 bits per heavy atom. The highest BCUT2D eigenvalue weighted by atomic mass is 16.3. The van der Waals surface area contributed by atoms with Crippen molar-refractivity contribution in [2.45, 2.75) is 26.2 Å². The topological polar surface area (TPSA) is 66.4 Å². The number of carbonyl (C=O) groups excluding carboxylic acids is 2. The number of carbonyl (C=O) groups is 2. The van der Waals surface area contributed by atoms with Crippen molar-refractivity contribution in [1.29, 1.82) is 0 Å². The maximum absolute atomic E-state index is 12.0. The highest BCUT2D eigenvalue weighted by Crippen LogP contribution is 2.29. The lowest BCUT2D eigenvalue weighted by molar-refractivity contribution is -0.120. The molecular formula is C14H15NO3. The Morgan fingerprint density at radius 1 is 1.28 bits per heavy atom. The summed E-state index contributed by atoms with van der Waals surface area (Å²) in [5, 5.41) is 12.4. The van der Waals surface area contributed by atoms with Gasteiger partial charge in [-0.05, 0) is 6.42 Å². The Bertz CT molecular complexity index is 532. The number of ketones is 1. The van der Waals surface area contributed by atoms with Gasteiger partial charge >= 0.3 is 0 Å². The third-order valence-electron chi connectivity index (χ3n) is 2.91. The largest absolute Gasteiger partial charge is 0.505 e. The number of aliphatic hydroxyl groups excluding tert-OH is 1. The fourth-order valence-electron chi connectivity index (χ4n) is 1.92. The van der Waals surface area contributed by atoms with Gasteiger partial charge in [0, 0.05) is 17.5 Å². The number of aliphatic hydroxyl groups is 1. The van der Waals surface area contributed by atoms with E-state index in [1.807, 2.05) is 6.92 Å². The van der Waals surface area contributed by atoms with E-state index < -0.39 is 0 Å². The molecule has 0 saturated heterocycles. The van der Waals surface area contributed by atoms with Gasteiger partial charge in [-0.1, -0.05) is 37.6 Å². The van der Waals surface area contributed by atoms with Crippen molar-refractivity contribution >= 4 is 17.4 Å². The Balaban J connectivity index is 2.19. The van der Waals surface area contributed by atoms with E-state index in [9.17, 15) is 14.7 Å². The van der Waals surface area contributed by atoms with Crippen LogP contribution in [0.25, 0.3) is 5.76 Å². The molecule has 2 rings (SSSR count). The second kappa shape index (κ2) is 5.04. The van der Waals surface area contributed by atoms with Crippen molar-refractivity contribution in [3.63, 3.8) is 0 Å². The maximum atomic E-state index is 12.0.